The fourth-order valence-electron chi connectivity index (χ4n) is 2.53. The van der Waals surface area contributed by atoms with Crippen LogP contribution in [0.4, 0.5) is 11.4 Å². The highest BCUT2D eigenvalue weighted by Gasteiger charge is 2.16. The average Bonchev–Trinajstić information content (AvgIpc) is 2.98. The number of hydrazine groups is 1. The van der Waals surface area contributed by atoms with Crippen LogP contribution < -0.4 is 15.8 Å². The van der Waals surface area contributed by atoms with Crippen molar-refractivity contribution in [2.75, 3.05) is 18.1 Å². The molecule has 0 atom stereocenters. The van der Waals surface area contributed by atoms with Crippen molar-refractivity contribution in [3.05, 3.63) is 53.6 Å². The van der Waals surface area contributed by atoms with Gasteiger partial charge in [0.1, 0.15) is 5.75 Å². The first-order valence-corrected chi connectivity index (χ1v) is 7.35. The van der Waals surface area contributed by atoms with E-state index in [1.165, 1.54) is 5.56 Å². The fourth-order valence-corrected chi connectivity index (χ4v) is 2.53. The Bertz CT molecular complexity index is 712. The Kier molecular flexibility index (Phi) is 3.87. The first-order chi connectivity index (χ1) is 10.6. The minimum Gasteiger partial charge on any atom is -0.508 e. The summed E-state index contributed by atoms with van der Waals surface area (Å²) in [5, 5.41) is 14.9. The van der Waals surface area contributed by atoms with E-state index in [9.17, 15) is 5.11 Å². The van der Waals surface area contributed by atoms with Crippen molar-refractivity contribution in [3.63, 3.8) is 0 Å². The summed E-state index contributed by atoms with van der Waals surface area (Å²) in [6.45, 7) is 5.75. The molecule has 0 unspecified atom stereocenters. The maximum Gasteiger partial charge on any atom is 0.210 e. The number of hydrogen-bond donors (Lipinski definition) is 3. The van der Waals surface area contributed by atoms with Crippen LogP contribution in [0.1, 0.15) is 11.1 Å². The molecule has 0 aliphatic carbocycles. The number of benzene rings is 2. The predicted molar refractivity (Wildman–Crippen MR) is 89.6 cm³/mol. The first-order valence-electron chi connectivity index (χ1n) is 7.35. The predicted octanol–water partition coefficient (Wildman–Crippen LogP) is 2.61. The molecule has 0 saturated carbocycles. The van der Waals surface area contributed by atoms with E-state index in [0.717, 1.165) is 36.0 Å². The third-order valence-electron chi connectivity index (χ3n) is 3.57. The molecular weight excluding hydrogens is 276 g/mol. The molecule has 3 rings (SSSR count). The van der Waals surface area contributed by atoms with Gasteiger partial charge in [-0.2, -0.15) is 0 Å². The van der Waals surface area contributed by atoms with Crippen LogP contribution in [0.25, 0.3) is 0 Å². The third kappa shape index (κ3) is 2.98. The van der Waals surface area contributed by atoms with Gasteiger partial charge in [-0.25, -0.2) is 0 Å². The zero-order valence-corrected chi connectivity index (χ0v) is 12.8. The van der Waals surface area contributed by atoms with Crippen LogP contribution in [0.2, 0.25) is 0 Å². The van der Waals surface area contributed by atoms with Crippen LogP contribution in [-0.4, -0.2) is 24.2 Å². The van der Waals surface area contributed by atoms with Gasteiger partial charge in [-0.1, -0.05) is 23.8 Å². The van der Waals surface area contributed by atoms with Crippen LogP contribution in [-0.2, 0) is 0 Å². The summed E-state index contributed by atoms with van der Waals surface area (Å²) in [5.74, 6) is 0.971. The molecule has 5 heteroatoms. The van der Waals surface area contributed by atoms with E-state index in [1.807, 2.05) is 17.1 Å². The van der Waals surface area contributed by atoms with E-state index in [1.54, 1.807) is 12.1 Å². The average molecular weight is 296 g/mol. The van der Waals surface area contributed by atoms with Crippen molar-refractivity contribution in [2.24, 2.45) is 4.99 Å². The van der Waals surface area contributed by atoms with Gasteiger partial charge in [-0.3, -0.25) is 15.4 Å². The number of aliphatic imine (C=N–C) groups is 1. The zero-order valence-electron chi connectivity index (χ0n) is 12.8. The van der Waals surface area contributed by atoms with Gasteiger partial charge in [-0.15, -0.1) is 0 Å². The SMILES string of the molecule is Cc1ccc(N(NC2=NCCN2)c2cccc(O)c2)c(C)c1. The van der Waals surface area contributed by atoms with Crippen molar-refractivity contribution in [1.29, 1.82) is 0 Å². The van der Waals surface area contributed by atoms with Gasteiger partial charge in [0.05, 0.1) is 17.9 Å². The molecule has 0 radical (unpaired) electrons. The van der Waals surface area contributed by atoms with E-state index in [4.69, 9.17) is 0 Å². The van der Waals surface area contributed by atoms with Gasteiger partial charge in [0.25, 0.3) is 0 Å². The number of nitrogens with zero attached hydrogens (tertiary/aromatic N) is 2. The molecule has 0 spiro atoms. The van der Waals surface area contributed by atoms with Crippen molar-refractivity contribution in [2.45, 2.75) is 13.8 Å². The first kappa shape index (κ1) is 14.3. The number of phenolic OH excluding ortho intramolecular Hbond substituents is 1. The third-order valence-corrected chi connectivity index (χ3v) is 3.57. The zero-order chi connectivity index (χ0) is 15.5. The normalized spacial score (nSPS) is 13.5. The van der Waals surface area contributed by atoms with Gasteiger partial charge >= 0.3 is 0 Å². The van der Waals surface area contributed by atoms with Gasteiger partial charge in [-0.05, 0) is 37.6 Å². The summed E-state index contributed by atoms with van der Waals surface area (Å²) >= 11 is 0. The van der Waals surface area contributed by atoms with E-state index in [0.29, 0.717) is 0 Å². The van der Waals surface area contributed by atoms with Crippen LogP contribution in [0.5, 0.6) is 5.75 Å². The van der Waals surface area contributed by atoms with E-state index < -0.39 is 0 Å². The summed E-state index contributed by atoms with van der Waals surface area (Å²) in [4.78, 5) is 4.39. The Morgan fingerprint density at radius 2 is 2.05 bits per heavy atom. The summed E-state index contributed by atoms with van der Waals surface area (Å²) in [6, 6.07) is 13.4. The van der Waals surface area contributed by atoms with Gasteiger partial charge in [0, 0.05) is 12.6 Å². The molecule has 1 aliphatic heterocycles. The fraction of sp³-hybridized carbons (Fsp3) is 0.235. The van der Waals surface area contributed by atoms with Gasteiger partial charge in [0.15, 0.2) is 0 Å². The highest BCUT2D eigenvalue weighted by molar-refractivity contribution is 5.85. The molecule has 114 valence electrons. The molecule has 5 nitrogen and oxygen atoms in total. The monoisotopic (exact) mass is 296 g/mol. The van der Waals surface area contributed by atoms with Crippen molar-refractivity contribution < 1.29 is 5.11 Å². The molecule has 1 aliphatic rings. The molecular formula is C17H20N4O. The smallest absolute Gasteiger partial charge is 0.210 e. The lowest BCUT2D eigenvalue weighted by molar-refractivity contribution is 0.475. The summed E-state index contributed by atoms with van der Waals surface area (Å²) < 4.78 is 0. The Morgan fingerprint density at radius 1 is 1.18 bits per heavy atom. The molecule has 0 fully saturated rings. The second-order valence-electron chi connectivity index (χ2n) is 5.41. The standard InChI is InChI=1S/C17H20N4O/c1-12-6-7-16(13(2)10-12)21(20-17-18-8-9-19-17)14-4-3-5-15(22)11-14/h3-7,10-11,22H,8-9H2,1-2H3,(H2,18,19,20). The lowest BCUT2D eigenvalue weighted by atomic mass is 10.1. The lowest BCUT2D eigenvalue weighted by Crippen LogP contribution is -2.44. The van der Waals surface area contributed by atoms with E-state index in [-0.39, 0.29) is 5.75 Å². The minimum absolute atomic E-state index is 0.232. The van der Waals surface area contributed by atoms with Gasteiger partial charge in [0.2, 0.25) is 5.96 Å². The summed E-state index contributed by atoms with van der Waals surface area (Å²) in [7, 11) is 0. The molecule has 0 amide bonds. The Morgan fingerprint density at radius 3 is 2.73 bits per heavy atom. The van der Waals surface area contributed by atoms with Crippen LogP contribution in [0.3, 0.4) is 0 Å². The Hall–Kier alpha value is -2.69. The van der Waals surface area contributed by atoms with Crippen molar-refractivity contribution in [1.82, 2.24) is 10.7 Å². The summed E-state index contributed by atoms with van der Waals surface area (Å²) in [5.41, 5.74) is 7.53. The van der Waals surface area contributed by atoms with Crippen LogP contribution in [0.15, 0.2) is 47.5 Å². The molecule has 0 aromatic heterocycles. The van der Waals surface area contributed by atoms with E-state index >= 15 is 0 Å². The molecule has 3 N–H and O–H groups in total. The Balaban J connectivity index is 2.01. The Labute approximate surface area is 130 Å². The number of rotatable bonds is 3. The highest BCUT2D eigenvalue weighted by atomic mass is 16.3. The van der Waals surface area contributed by atoms with E-state index in [2.05, 4.69) is 47.8 Å². The molecule has 2 aromatic rings. The minimum atomic E-state index is 0.232. The molecule has 2 aromatic carbocycles. The summed E-state index contributed by atoms with van der Waals surface area (Å²) in [6.07, 6.45) is 0. The molecule has 0 bridgehead atoms. The number of phenols is 1. The van der Waals surface area contributed by atoms with Crippen LogP contribution >= 0.6 is 0 Å². The van der Waals surface area contributed by atoms with Gasteiger partial charge < -0.3 is 10.4 Å². The van der Waals surface area contributed by atoms with Crippen molar-refractivity contribution >= 4 is 17.3 Å². The number of anilines is 2. The topological polar surface area (TPSA) is 59.9 Å². The largest absolute Gasteiger partial charge is 0.508 e. The molecule has 0 saturated heterocycles. The lowest BCUT2D eigenvalue weighted by Gasteiger charge is -2.28. The second-order valence-corrected chi connectivity index (χ2v) is 5.41. The highest BCUT2D eigenvalue weighted by Crippen LogP contribution is 2.29. The molecule has 1 heterocycles. The maximum absolute atomic E-state index is 9.78. The number of nitrogens with one attached hydrogen (secondary N) is 2. The number of aryl methyl sites for hydroxylation is 2. The number of hydrogen-bond acceptors (Lipinski definition) is 5. The quantitative estimate of drug-likeness (QED) is 0.762. The second kappa shape index (κ2) is 5.97. The van der Waals surface area contributed by atoms with Crippen LogP contribution in [0, 0.1) is 13.8 Å². The van der Waals surface area contributed by atoms with Crippen molar-refractivity contribution in [3.8, 4) is 5.75 Å². The number of guanidine groups is 1. The maximum atomic E-state index is 9.78. The number of aromatic hydroxyl groups is 1. The molecule has 22 heavy (non-hydrogen) atoms.